The Hall–Kier alpha value is -3.08. The number of hydrogen-bond acceptors (Lipinski definition) is 8. The van der Waals surface area contributed by atoms with Crippen molar-refractivity contribution in [3.63, 3.8) is 0 Å². The van der Waals surface area contributed by atoms with Gasteiger partial charge in [-0.25, -0.2) is 8.42 Å². The molecular formula is C21H18ClN3O5S2. The standard InChI is InChI=1S/C21H18ClN3O5S2/c1-25(15-10-16(28-2)12-17(11-15)29-3)32(26,27)18-8-9-31-19(18)21-23-20(24-30-21)13-4-6-14(22)7-5-13/h4-12H,1-3H3. The zero-order chi connectivity index (χ0) is 22.9. The summed E-state index contributed by atoms with van der Waals surface area (Å²) in [5.74, 6) is 1.38. The summed E-state index contributed by atoms with van der Waals surface area (Å²) < 4.78 is 43.9. The van der Waals surface area contributed by atoms with E-state index in [1.165, 1.54) is 38.7 Å². The van der Waals surface area contributed by atoms with Crippen molar-refractivity contribution >= 4 is 38.6 Å². The molecule has 0 bridgehead atoms. The molecule has 11 heteroatoms. The lowest BCUT2D eigenvalue weighted by Gasteiger charge is -2.20. The van der Waals surface area contributed by atoms with E-state index in [2.05, 4.69) is 10.1 Å². The van der Waals surface area contributed by atoms with Gasteiger partial charge in [0.05, 0.1) is 19.9 Å². The molecule has 0 saturated carbocycles. The van der Waals surface area contributed by atoms with Gasteiger partial charge in [0, 0.05) is 35.8 Å². The third kappa shape index (κ3) is 4.16. The van der Waals surface area contributed by atoms with Crippen molar-refractivity contribution in [2.45, 2.75) is 4.90 Å². The fourth-order valence-electron chi connectivity index (χ4n) is 2.95. The molecule has 0 fully saturated rings. The van der Waals surface area contributed by atoms with Crippen LogP contribution in [0, 0.1) is 0 Å². The van der Waals surface area contributed by atoms with Crippen LogP contribution in [-0.2, 0) is 10.0 Å². The summed E-state index contributed by atoms with van der Waals surface area (Å²) in [7, 11) is 0.501. The highest BCUT2D eigenvalue weighted by Gasteiger charge is 2.29. The first-order valence-electron chi connectivity index (χ1n) is 9.23. The maximum absolute atomic E-state index is 13.4. The first-order chi connectivity index (χ1) is 15.3. The van der Waals surface area contributed by atoms with Gasteiger partial charge in [-0.15, -0.1) is 11.3 Å². The number of aromatic nitrogens is 2. The molecule has 4 aromatic rings. The smallest absolute Gasteiger partial charge is 0.269 e. The van der Waals surface area contributed by atoms with Gasteiger partial charge in [-0.2, -0.15) is 4.98 Å². The SMILES string of the molecule is COc1cc(OC)cc(N(C)S(=O)(=O)c2ccsc2-c2nc(-c3ccc(Cl)cc3)no2)c1. The van der Waals surface area contributed by atoms with E-state index in [1.807, 2.05) is 0 Å². The van der Waals surface area contributed by atoms with Crippen LogP contribution in [0.4, 0.5) is 5.69 Å². The van der Waals surface area contributed by atoms with Gasteiger partial charge in [-0.05, 0) is 35.7 Å². The number of hydrogen-bond donors (Lipinski definition) is 0. The quantitative estimate of drug-likeness (QED) is 0.360. The predicted octanol–water partition coefficient (Wildman–Crippen LogP) is 4.96. The van der Waals surface area contributed by atoms with E-state index in [1.54, 1.807) is 47.8 Å². The fraction of sp³-hybridized carbons (Fsp3) is 0.143. The summed E-state index contributed by atoms with van der Waals surface area (Å²) >= 11 is 7.12. The van der Waals surface area contributed by atoms with Crippen molar-refractivity contribution in [3.8, 4) is 33.7 Å². The van der Waals surface area contributed by atoms with Gasteiger partial charge >= 0.3 is 0 Å². The van der Waals surface area contributed by atoms with Crippen LogP contribution in [0.25, 0.3) is 22.2 Å². The van der Waals surface area contributed by atoms with Gasteiger partial charge in [0.1, 0.15) is 21.3 Å². The Morgan fingerprint density at radius 2 is 1.69 bits per heavy atom. The summed E-state index contributed by atoms with van der Waals surface area (Å²) in [6.45, 7) is 0. The molecule has 0 spiro atoms. The molecule has 2 heterocycles. The van der Waals surface area contributed by atoms with Crippen LogP contribution >= 0.6 is 22.9 Å². The largest absolute Gasteiger partial charge is 0.497 e. The molecule has 0 unspecified atom stereocenters. The molecule has 32 heavy (non-hydrogen) atoms. The molecular weight excluding hydrogens is 474 g/mol. The van der Waals surface area contributed by atoms with Gasteiger partial charge in [0.15, 0.2) is 0 Å². The van der Waals surface area contributed by atoms with Crippen LogP contribution in [0.15, 0.2) is 63.3 Å². The molecule has 2 aromatic carbocycles. The van der Waals surface area contributed by atoms with E-state index in [4.69, 9.17) is 25.6 Å². The maximum Gasteiger partial charge on any atom is 0.269 e. The molecule has 0 N–H and O–H groups in total. The topological polar surface area (TPSA) is 94.8 Å². The van der Waals surface area contributed by atoms with E-state index in [0.29, 0.717) is 38.5 Å². The van der Waals surface area contributed by atoms with E-state index < -0.39 is 10.0 Å². The summed E-state index contributed by atoms with van der Waals surface area (Å²) in [5.41, 5.74) is 1.08. The molecule has 166 valence electrons. The van der Waals surface area contributed by atoms with Crippen LogP contribution < -0.4 is 13.8 Å². The molecule has 0 aliphatic heterocycles. The number of sulfonamides is 1. The Balaban J connectivity index is 1.71. The number of anilines is 1. The van der Waals surface area contributed by atoms with Crippen molar-refractivity contribution in [3.05, 3.63) is 58.9 Å². The average Bonchev–Trinajstić information content (AvgIpc) is 3.48. The number of benzene rings is 2. The van der Waals surface area contributed by atoms with Gasteiger partial charge in [-0.1, -0.05) is 16.8 Å². The normalized spacial score (nSPS) is 11.4. The Kier molecular flexibility index (Phi) is 6.09. The third-order valence-corrected chi connectivity index (χ3v) is 7.80. The zero-order valence-corrected chi connectivity index (χ0v) is 19.7. The number of ether oxygens (including phenoxy) is 2. The van der Waals surface area contributed by atoms with Crippen LogP contribution in [0.1, 0.15) is 0 Å². The second-order valence-corrected chi connectivity index (χ2v) is 9.88. The van der Waals surface area contributed by atoms with Crippen molar-refractivity contribution < 1.29 is 22.4 Å². The first-order valence-corrected chi connectivity index (χ1v) is 11.9. The van der Waals surface area contributed by atoms with Gasteiger partial charge in [-0.3, -0.25) is 4.31 Å². The van der Waals surface area contributed by atoms with Crippen molar-refractivity contribution in [1.82, 2.24) is 10.1 Å². The number of rotatable bonds is 7. The highest BCUT2D eigenvalue weighted by Crippen LogP contribution is 2.37. The lowest BCUT2D eigenvalue weighted by Crippen LogP contribution is -2.26. The van der Waals surface area contributed by atoms with Crippen molar-refractivity contribution in [2.75, 3.05) is 25.6 Å². The van der Waals surface area contributed by atoms with Gasteiger partial charge < -0.3 is 14.0 Å². The number of thiophene rings is 1. The Bertz CT molecular complexity index is 1330. The van der Waals surface area contributed by atoms with Crippen molar-refractivity contribution in [2.24, 2.45) is 0 Å². The van der Waals surface area contributed by atoms with Crippen LogP contribution in [0.3, 0.4) is 0 Å². The Labute approximate surface area is 194 Å². The van der Waals surface area contributed by atoms with Gasteiger partial charge in [0.25, 0.3) is 15.9 Å². The minimum atomic E-state index is -3.95. The average molecular weight is 492 g/mol. The summed E-state index contributed by atoms with van der Waals surface area (Å²) in [4.78, 5) is 4.78. The molecule has 0 aliphatic carbocycles. The highest BCUT2D eigenvalue weighted by atomic mass is 35.5. The monoisotopic (exact) mass is 491 g/mol. The molecule has 4 rings (SSSR count). The molecule has 0 saturated heterocycles. The van der Waals surface area contributed by atoms with E-state index >= 15 is 0 Å². The molecule has 2 aromatic heterocycles. The van der Waals surface area contributed by atoms with E-state index in [0.717, 1.165) is 4.31 Å². The Morgan fingerprint density at radius 1 is 1.03 bits per heavy atom. The second kappa shape index (κ2) is 8.81. The first kappa shape index (κ1) is 22.1. The number of methoxy groups -OCH3 is 2. The van der Waals surface area contributed by atoms with Crippen LogP contribution in [0.5, 0.6) is 11.5 Å². The predicted molar refractivity (Wildman–Crippen MR) is 123 cm³/mol. The lowest BCUT2D eigenvalue weighted by atomic mass is 10.2. The summed E-state index contributed by atoms with van der Waals surface area (Å²) in [6, 6.07) is 13.3. The Morgan fingerprint density at radius 3 is 2.31 bits per heavy atom. The minimum Gasteiger partial charge on any atom is -0.497 e. The zero-order valence-electron chi connectivity index (χ0n) is 17.3. The highest BCUT2D eigenvalue weighted by molar-refractivity contribution is 7.93. The molecule has 0 amide bonds. The minimum absolute atomic E-state index is 0.0538. The third-order valence-electron chi connectivity index (χ3n) is 4.69. The van der Waals surface area contributed by atoms with Gasteiger partial charge in [0.2, 0.25) is 5.82 Å². The number of nitrogens with zero attached hydrogens (tertiary/aromatic N) is 3. The maximum atomic E-state index is 13.4. The van der Waals surface area contributed by atoms with Crippen LogP contribution in [0.2, 0.25) is 5.02 Å². The second-order valence-electron chi connectivity index (χ2n) is 6.59. The van der Waals surface area contributed by atoms with Crippen molar-refractivity contribution in [1.29, 1.82) is 0 Å². The molecule has 0 atom stereocenters. The van der Waals surface area contributed by atoms with E-state index in [-0.39, 0.29) is 10.8 Å². The fourth-order valence-corrected chi connectivity index (χ4v) is 5.57. The van der Waals surface area contributed by atoms with E-state index in [9.17, 15) is 8.42 Å². The molecule has 0 aliphatic rings. The van der Waals surface area contributed by atoms with Crippen LogP contribution in [-0.4, -0.2) is 39.8 Å². The number of halogens is 1. The molecule has 0 radical (unpaired) electrons. The molecule has 8 nitrogen and oxygen atoms in total. The lowest BCUT2D eigenvalue weighted by molar-refractivity contribution is 0.394. The summed E-state index contributed by atoms with van der Waals surface area (Å²) in [5, 5.41) is 6.23. The summed E-state index contributed by atoms with van der Waals surface area (Å²) in [6.07, 6.45) is 0.